The number of hydrogen-bond acceptors (Lipinski definition) is 3. The number of aromatic amines is 1. The number of nitrogens with one attached hydrogen (secondary N) is 2. The molecule has 2 aromatic carbocycles. The molecule has 0 bridgehead atoms. The number of aryl methyl sites for hydroxylation is 2. The zero-order chi connectivity index (χ0) is 17.8. The van der Waals surface area contributed by atoms with Crippen molar-refractivity contribution in [2.45, 2.75) is 19.8 Å². The molecular weight excluding hydrogens is 314 g/mol. The molecule has 3 aromatic rings. The Labute approximate surface area is 144 Å². The minimum Gasteiger partial charge on any atom is -0.326 e. The van der Waals surface area contributed by atoms with Crippen molar-refractivity contribution in [3.63, 3.8) is 0 Å². The maximum absolute atomic E-state index is 12.1. The third-order valence-electron chi connectivity index (χ3n) is 4.01. The molecule has 3 rings (SSSR count). The predicted molar refractivity (Wildman–Crippen MR) is 97.4 cm³/mol. The second kappa shape index (κ2) is 7.02. The minimum atomic E-state index is -0.118. The van der Waals surface area contributed by atoms with Crippen molar-refractivity contribution in [3.05, 3.63) is 75.6 Å². The molecule has 0 aliphatic heterocycles. The van der Waals surface area contributed by atoms with Crippen LogP contribution in [0.5, 0.6) is 0 Å². The average molecular weight is 331 g/mol. The van der Waals surface area contributed by atoms with Crippen molar-refractivity contribution < 1.29 is 4.79 Å². The number of aromatic nitrogens is 1. The Morgan fingerprint density at radius 1 is 1.20 bits per heavy atom. The molecule has 5 heteroatoms. The van der Waals surface area contributed by atoms with E-state index in [0.29, 0.717) is 29.7 Å². The molecule has 2 N–H and O–H groups in total. The van der Waals surface area contributed by atoms with Gasteiger partial charge in [-0.05, 0) is 54.6 Å². The van der Waals surface area contributed by atoms with Gasteiger partial charge < -0.3 is 10.3 Å². The van der Waals surface area contributed by atoms with Crippen LogP contribution in [0.2, 0.25) is 0 Å². The molecule has 0 saturated heterocycles. The fourth-order valence-electron chi connectivity index (χ4n) is 2.66. The standard InChI is InChI=1S/C20H17N3O2/c1-13-9-16-7-5-14(11-18(16)23-20(13)25)6-8-19(24)22-17-4-2-3-15(10-17)12-21/h2-5,7,9-11H,6,8H2,1H3,(H,22,24)(H,23,25). The first-order valence-corrected chi connectivity index (χ1v) is 7.98. The Bertz CT molecular complexity index is 1040. The van der Waals surface area contributed by atoms with Crippen molar-refractivity contribution in [2.24, 2.45) is 0 Å². The molecule has 0 fully saturated rings. The molecule has 124 valence electrons. The van der Waals surface area contributed by atoms with Crippen LogP contribution < -0.4 is 10.9 Å². The lowest BCUT2D eigenvalue weighted by atomic mass is 10.1. The van der Waals surface area contributed by atoms with Gasteiger partial charge in [-0.1, -0.05) is 18.2 Å². The second-order valence-electron chi connectivity index (χ2n) is 5.94. The van der Waals surface area contributed by atoms with Crippen LogP contribution in [0.1, 0.15) is 23.1 Å². The summed E-state index contributed by atoms with van der Waals surface area (Å²) in [7, 11) is 0. The van der Waals surface area contributed by atoms with E-state index in [9.17, 15) is 9.59 Å². The summed E-state index contributed by atoms with van der Waals surface area (Å²) in [4.78, 5) is 26.7. The lowest BCUT2D eigenvalue weighted by Gasteiger charge is -2.07. The molecule has 5 nitrogen and oxygen atoms in total. The van der Waals surface area contributed by atoms with E-state index in [4.69, 9.17) is 5.26 Å². The van der Waals surface area contributed by atoms with Gasteiger partial charge in [-0.3, -0.25) is 9.59 Å². The molecule has 1 heterocycles. The van der Waals surface area contributed by atoms with Crippen molar-refractivity contribution >= 4 is 22.5 Å². The number of H-pyrrole nitrogens is 1. The Morgan fingerprint density at radius 2 is 2.04 bits per heavy atom. The molecule has 0 atom stereocenters. The summed E-state index contributed by atoms with van der Waals surface area (Å²) in [6.45, 7) is 1.78. The maximum Gasteiger partial charge on any atom is 0.251 e. The molecule has 0 aliphatic rings. The number of hydrogen-bond donors (Lipinski definition) is 2. The minimum absolute atomic E-state index is 0.0974. The number of carbonyl (C=O) groups excluding carboxylic acids is 1. The van der Waals surface area contributed by atoms with Crippen LogP contribution in [0.4, 0.5) is 5.69 Å². The summed E-state index contributed by atoms with van der Waals surface area (Å²) >= 11 is 0. The van der Waals surface area contributed by atoms with Gasteiger partial charge in [0.1, 0.15) is 0 Å². The molecule has 0 unspecified atom stereocenters. The van der Waals surface area contributed by atoms with Gasteiger partial charge in [0.2, 0.25) is 5.91 Å². The molecule has 1 aromatic heterocycles. The topological polar surface area (TPSA) is 85.8 Å². The molecule has 0 aliphatic carbocycles. The van der Waals surface area contributed by atoms with Gasteiger partial charge in [-0.2, -0.15) is 5.26 Å². The van der Waals surface area contributed by atoms with Gasteiger partial charge in [0, 0.05) is 23.2 Å². The number of fused-ring (bicyclic) bond motifs is 1. The molecule has 0 radical (unpaired) electrons. The number of rotatable bonds is 4. The average Bonchev–Trinajstić information content (AvgIpc) is 2.61. The fraction of sp³-hybridized carbons (Fsp3) is 0.150. The highest BCUT2D eigenvalue weighted by molar-refractivity contribution is 5.91. The van der Waals surface area contributed by atoms with Crippen molar-refractivity contribution in [1.82, 2.24) is 4.98 Å². The van der Waals surface area contributed by atoms with Gasteiger partial charge in [-0.25, -0.2) is 0 Å². The largest absolute Gasteiger partial charge is 0.326 e. The van der Waals surface area contributed by atoms with E-state index in [1.807, 2.05) is 30.3 Å². The highest BCUT2D eigenvalue weighted by Crippen LogP contribution is 2.15. The van der Waals surface area contributed by atoms with E-state index in [1.165, 1.54) is 0 Å². The first kappa shape index (κ1) is 16.5. The first-order valence-electron chi connectivity index (χ1n) is 7.98. The van der Waals surface area contributed by atoms with Crippen LogP contribution in [0.15, 0.2) is 53.3 Å². The summed E-state index contributed by atoms with van der Waals surface area (Å²) in [5.74, 6) is -0.118. The first-order chi connectivity index (χ1) is 12.0. The van der Waals surface area contributed by atoms with Crippen molar-refractivity contribution in [2.75, 3.05) is 5.32 Å². The van der Waals surface area contributed by atoms with Gasteiger partial charge in [0.25, 0.3) is 5.56 Å². The van der Waals surface area contributed by atoms with Crippen LogP contribution in [-0.4, -0.2) is 10.9 Å². The van der Waals surface area contributed by atoms with Crippen LogP contribution in [0.3, 0.4) is 0 Å². The monoisotopic (exact) mass is 331 g/mol. The highest BCUT2D eigenvalue weighted by atomic mass is 16.1. The summed E-state index contributed by atoms with van der Waals surface area (Å²) in [6.07, 6.45) is 0.883. The normalized spacial score (nSPS) is 10.4. The summed E-state index contributed by atoms with van der Waals surface area (Å²) in [5, 5.41) is 12.6. The van der Waals surface area contributed by atoms with Crippen LogP contribution in [0, 0.1) is 18.3 Å². The molecule has 0 saturated carbocycles. The van der Waals surface area contributed by atoms with Gasteiger partial charge in [0.15, 0.2) is 0 Å². The third kappa shape index (κ3) is 3.93. The van der Waals surface area contributed by atoms with E-state index in [0.717, 1.165) is 16.5 Å². The number of nitriles is 1. The number of anilines is 1. The van der Waals surface area contributed by atoms with E-state index in [-0.39, 0.29) is 11.5 Å². The highest BCUT2D eigenvalue weighted by Gasteiger charge is 2.06. The summed E-state index contributed by atoms with van der Waals surface area (Å²) in [6, 6.07) is 16.5. The Balaban J connectivity index is 1.67. The number of carbonyl (C=O) groups is 1. The molecule has 1 amide bonds. The third-order valence-corrected chi connectivity index (χ3v) is 4.01. The van der Waals surface area contributed by atoms with Gasteiger partial charge in [-0.15, -0.1) is 0 Å². The van der Waals surface area contributed by atoms with Crippen LogP contribution >= 0.6 is 0 Å². The molecule has 25 heavy (non-hydrogen) atoms. The number of nitrogens with zero attached hydrogens (tertiary/aromatic N) is 1. The quantitative estimate of drug-likeness (QED) is 0.769. The van der Waals surface area contributed by atoms with Crippen molar-refractivity contribution in [1.29, 1.82) is 5.26 Å². The van der Waals surface area contributed by atoms with Crippen LogP contribution in [-0.2, 0) is 11.2 Å². The van der Waals surface area contributed by atoms with E-state index in [2.05, 4.69) is 10.3 Å². The maximum atomic E-state index is 12.1. The summed E-state index contributed by atoms with van der Waals surface area (Å²) < 4.78 is 0. The Morgan fingerprint density at radius 3 is 2.84 bits per heavy atom. The summed E-state index contributed by atoms with van der Waals surface area (Å²) in [5.41, 5.74) is 3.45. The zero-order valence-electron chi connectivity index (χ0n) is 13.8. The van der Waals surface area contributed by atoms with Crippen molar-refractivity contribution in [3.8, 4) is 6.07 Å². The van der Waals surface area contributed by atoms with E-state index >= 15 is 0 Å². The lowest BCUT2D eigenvalue weighted by Crippen LogP contribution is -2.12. The second-order valence-corrected chi connectivity index (χ2v) is 5.94. The van der Waals surface area contributed by atoms with E-state index < -0.39 is 0 Å². The number of benzene rings is 2. The Hall–Kier alpha value is -3.39. The lowest BCUT2D eigenvalue weighted by molar-refractivity contribution is -0.116. The molecule has 0 spiro atoms. The Kier molecular flexibility index (Phi) is 4.62. The number of amides is 1. The predicted octanol–water partition coefficient (Wildman–Crippen LogP) is 3.28. The van der Waals surface area contributed by atoms with Gasteiger partial charge in [0.05, 0.1) is 11.6 Å². The fourth-order valence-corrected chi connectivity index (χ4v) is 2.66. The van der Waals surface area contributed by atoms with E-state index in [1.54, 1.807) is 31.2 Å². The van der Waals surface area contributed by atoms with Gasteiger partial charge >= 0.3 is 0 Å². The van der Waals surface area contributed by atoms with Crippen LogP contribution in [0.25, 0.3) is 10.9 Å². The molecular formula is C20H17N3O2. The smallest absolute Gasteiger partial charge is 0.251 e. The zero-order valence-corrected chi connectivity index (χ0v) is 13.8. The number of pyridine rings is 1. The SMILES string of the molecule is Cc1cc2ccc(CCC(=O)Nc3cccc(C#N)c3)cc2[nH]c1=O.